The van der Waals surface area contributed by atoms with E-state index in [1.165, 1.54) is 12.1 Å². The Labute approximate surface area is 112 Å². The number of carbonyl (C=O) groups is 1. The average molecular weight is 267 g/mol. The second-order valence-corrected chi connectivity index (χ2v) is 4.35. The van der Waals surface area contributed by atoms with Crippen molar-refractivity contribution in [3.8, 4) is 0 Å². The molecule has 1 aromatic carbocycles. The Morgan fingerprint density at radius 1 is 1.37 bits per heavy atom. The Balaban J connectivity index is 2.22. The van der Waals surface area contributed by atoms with Crippen molar-refractivity contribution >= 4 is 5.97 Å². The maximum Gasteiger partial charge on any atom is 0.328 e. The van der Waals surface area contributed by atoms with Gasteiger partial charge < -0.3 is 9.47 Å². The van der Waals surface area contributed by atoms with E-state index < -0.39 is 6.04 Å². The van der Waals surface area contributed by atoms with Gasteiger partial charge in [-0.3, -0.25) is 4.90 Å². The molecule has 104 valence electrons. The minimum atomic E-state index is -0.482. The van der Waals surface area contributed by atoms with E-state index in [9.17, 15) is 9.18 Å². The van der Waals surface area contributed by atoms with Crippen LogP contribution in [0.3, 0.4) is 0 Å². The Morgan fingerprint density at radius 3 is 2.58 bits per heavy atom. The lowest BCUT2D eigenvalue weighted by atomic mass is 10.0. The first kappa shape index (κ1) is 14.0. The molecule has 0 saturated carbocycles. The molecule has 0 spiro atoms. The third kappa shape index (κ3) is 3.52. The summed E-state index contributed by atoms with van der Waals surface area (Å²) in [5.74, 6) is -0.607. The molecule has 5 heteroatoms. The molecule has 1 aliphatic heterocycles. The number of morpholine rings is 1. The van der Waals surface area contributed by atoms with Gasteiger partial charge in [0.05, 0.1) is 19.8 Å². The Morgan fingerprint density at radius 2 is 2.00 bits per heavy atom. The molecule has 0 aromatic heterocycles. The lowest BCUT2D eigenvalue weighted by molar-refractivity contribution is -0.151. The summed E-state index contributed by atoms with van der Waals surface area (Å²) >= 11 is 0. The molecular formula is C14H18FNO3. The number of benzene rings is 1. The minimum absolute atomic E-state index is 0.295. The molecule has 1 unspecified atom stereocenters. The number of hydrogen-bond acceptors (Lipinski definition) is 4. The standard InChI is InChI=1S/C14H18FNO3/c1-2-19-14(17)13(16-7-9-18-10-8-16)11-3-5-12(15)6-4-11/h3-6,13H,2,7-10H2,1H3. The van der Waals surface area contributed by atoms with Crippen LogP contribution in [0.15, 0.2) is 24.3 Å². The lowest BCUT2D eigenvalue weighted by Crippen LogP contribution is -2.42. The summed E-state index contributed by atoms with van der Waals surface area (Å²) < 4.78 is 23.4. The summed E-state index contributed by atoms with van der Waals surface area (Å²) in [5.41, 5.74) is 0.752. The molecule has 4 nitrogen and oxygen atoms in total. The third-order valence-electron chi connectivity index (χ3n) is 3.11. The molecule has 1 aliphatic rings. The second-order valence-electron chi connectivity index (χ2n) is 4.35. The monoisotopic (exact) mass is 267 g/mol. The molecule has 0 N–H and O–H groups in total. The van der Waals surface area contributed by atoms with Gasteiger partial charge >= 0.3 is 5.97 Å². The van der Waals surface area contributed by atoms with Crippen LogP contribution in [0.25, 0.3) is 0 Å². The van der Waals surface area contributed by atoms with Crippen LogP contribution < -0.4 is 0 Å². The molecule has 2 rings (SSSR count). The summed E-state index contributed by atoms with van der Waals surface area (Å²) in [6, 6.07) is 5.51. The second kappa shape index (κ2) is 6.63. The van der Waals surface area contributed by atoms with Gasteiger partial charge in [0, 0.05) is 13.1 Å². The molecule has 1 saturated heterocycles. The first-order chi connectivity index (χ1) is 9.22. The van der Waals surface area contributed by atoms with Gasteiger partial charge in [0.25, 0.3) is 0 Å². The zero-order valence-electron chi connectivity index (χ0n) is 11.0. The SMILES string of the molecule is CCOC(=O)C(c1ccc(F)cc1)N1CCOCC1. The van der Waals surface area contributed by atoms with E-state index >= 15 is 0 Å². The van der Waals surface area contributed by atoms with Crippen LogP contribution in [-0.2, 0) is 14.3 Å². The van der Waals surface area contributed by atoms with Gasteiger partial charge in [-0.2, -0.15) is 0 Å². The van der Waals surface area contributed by atoms with E-state index in [1.54, 1.807) is 19.1 Å². The quantitative estimate of drug-likeness (QED) is 0.779. The van der Waals surface area contributed by atoms with E-state index in [-0.39, 0.29) is 11.8 Å². The summed E-state index contributed by atoms with van der Waals surface area (Å²) in [4.78, 5) is 14.1. The van der Waals surface area contributed by atoms with Crippen LogP contribution in [-0.4, -0.2) is 43.8 Å². The first-order valence-corrected chi connectivity index (χ1v) is 6.46. The van der Waals surface area contributed by atoms with E-state index in [0.717, 1.165) is 5.56 Å². The molecule has 0 radical (unpaired) electrons. The Hall–Kier alpha value is -1.46. The summed E-state index contributed by atoms with van der Waals surface area (Å²) in [7, 11) is 0. The number of carbonyl (C=O) groups excluding carboxylic acids is 1. The average Bonchev–Trinajstić information content (AvgIpc) is 2.43. The van der Waals surface area contributed by atoms with Crippen molar-refractivity contribution < 1.29 is 18.7 Å². The van der Waals surface area contributed by atoms with E-state index in [4.69, 9.17) is 9.47 Å². The highest BCUT2D eigenvalue weighted by Crippen LogP contribution is 2.23. The number of hydrogen-bond donors (Lipinski definition) is 0. The molecule has 0 aliphatic carbocycles. The maximum atomic E-state index is 13.0. The van der Waals surface area contributed by atoms with Crippen LogP contribution in [0.2, 0.25) is 0 Å². The zero-order valence-corrected chi connectivity index (χ0v) is 11.0. The van der Waals surface area contributed by atoms with Crippen molar-refractivity contribution in [3.05, 3.63) is 35.6 Å². The number of nitrogens with zero attached hydrogens (tertiary/aromatic N) is 1. The fraction of sp³-hybridized carbons (Fsp3) is 0.500. The van der Waals surface area contributed by atoms with Crippen molar-refractivity contribution in [2.75, 3.05) is 32.9 Å². The third-order valence-corrected chi connectivity index (χ3v) is 3.11. The van der Waals surface area contributed by atoms with Crippen molar-refractivity contribution in [1.29, 1.82) is 0 Å². The molecule has 1 fully saturated rings. The maximum absolute atomic E-state index is 13.0. The minimum Gasteiger partial charge on any atom is -0.465 e. The van der Waals surface area contributed by atoms with Crippen LogP contribution >= 0.6 is 0 Å². The van der Waals surface area contributed by atoms with E-state index in [1.807, 2.05) is 4.90 Å². The van der Waals surface area contributed by atoms with Gasteiger partial charge in [-0.25, -0.2) is 9.18 Å². The van der Waals surface area contributed by atoms with E-state index in [2.05, 4.69) is 0 Å². The fourth-order valence-electron chi connectivity index (χ4n) is 2.20. The predicted molar refractivity (Wildman–Crippen MR) is 68.2 cm³/mol. The topological polar surface area (TPSA) is 38.8 Å². The molecule has 1 atom stereocenters. The van der Waals surface area contributed by atoms with Gasteiger partial charge in [0.2, 0.25) is 0 Å². The normalized spacial score (nSPS) is 18.0. The van der Waals surface area contributed by atoms with E-state index in [0.29, 0.717) is 32.9 Å². The van der Waals surface area contributed by atoms with Gasteiger partial charge in [-0.1, -0.05) is 12.1 Å². The van der Waals surface area contributed by atoms with Crippen molar-refractivity contribution in [3.63, 3.8) is 0 Å². The molecule has 0 amide bonds. The first-order valence-electron chi connectivity index (χ1n) is 6.46. The summed E-state index contributed by atoms with van der Waals surface area (Å²) in [5, 5.41) is 0. The number of ether oxygens (including phenoxy) is 2. The lowest BCUT2D eigenvalue weighted by Gasteiger charge is -2.33. The molecule has 0 bridgehead atoms. The highest BCUT2D eigenvalue weighted by atomic mass is 19.1. The van der Waals surface area contributed by atoms with Gasteiger partial charge in [-0.15, -0.1) is 0 Å². The van der Waals surface area contributed by atoms with Crippen molar-refractivity contribution in [1.82, 2.24) is 4.90 Å². The largest absolute Gasteiger partial charge is 0.465 e. The van der Waals surface area contributed by atoms with Crippen LogP contribution in [0.4, 0.5) is 4.39 Å². The van der Waals surface area contributed by atoms with Gasteiger partial charge in [0.1, 0.15) is 11.9 Å². The van der Waals surface area contributed by atoms with Gasteiger partial charge in [0.15, 0.2) is 0 Å². The zero-order chi connectivity index (χ0) is 13.7. The molecule has 19 heavy (non-hydrogen) atoms. The van der Waals surface area contributed by atoms with Crippen LogP contribution in [0.5, 0.6) is 0 Å². The number of halogens is 1. The summed E-state index contributed by atoms with van der Waals surface area (Å²) in [6.07, 6.45) is 0. The smallest absolute Gasteiger partial charge is 0.328 e. The number of rotatable bonds is 4. The van der Waals surface area contributed by atoms with Crippen LogP contribution in [0, 0.1) is 5.82 Å². The molecule has 1 heterocycles. The Bertz CT molecular complexity index is 415. The Kier molecular flexibility index (Phi) is 4.87. The molecular weight excluding hydrogens is 249 g/mol. The summed E-state index contributed by atoms with van der Waals surface area (Å²) in [6.45, 7) is 4.63. The van der Waals surface area contributed by atoms with Crippen LogP contribution in [0.1, 0.15) is 18.5 Å². The predicted octanol–water partition coefficient (Wildman–Crippen LogP) is 1.76. The molecule has 1 aromatic rings. The fourth-order valence-corrected chi connectivity index (χ4v) is 2.20. The number of esters is 1. The van der Waals surface area contributed by atoms with Crippen molar-refractivity contribution in [2.45, 2.75) is 13.0 Å². The van der Waals surface area contributed by atoms with Gasteiger partial charge in [-0.05, 0) is 24.6 Å². The highest BCUT2D eigenvalue weighted by molar-refractivity contribution is 5.77. The van der Waals surface area contributed by atoms with Crippen molar-refractivity contribution in [2.24, 2.45) is 0 Å². The highest BCUT2D eigenvalue weighted by Gasteiger charge is 2.30.